The first-order chi connectivity index (χ1) is 29.1. The second-order valence-electron chi connectivity index (χ2n) is 15.0. The molecule has 0 bridgehead atoms. The molecule has 0 fully saturated rings. The van der Waals surface area contributed by atoms with Gasteiger partial charge in [0.05, 0.1) is 20.3 Å². The van der Waals surface area contributed by atoms with Crippen LogP contribution in [0.4, 0.5) is 0 Å². The van der Waals surface area contributed by atoms with Crippen molar-refractivity contribution < 1.29 is 13.3 Å². The minimum Gasteiger partial charge on any atom is -0.456 e. The van der Waals surface area contributed by atoms with E-state index in [0.29, 0.717) is 5.82 Å². The van der Waals surface area contributed by atoms with Gasteiger partial charge in [0.25, 0.3) is 0 Å². The van der Waals surface area contributed by atoms with Crippen molar-refractivity contribution in [3.63, 3.8) is 0 Å². The van der Waals surface area contributed by atoms with E-state index in [1.165, 1.54) is 0 Å². The first kappa shape index (κ1) is 32.8. The summed E-state index contributed by atoms with van der Waals surface area (Å²) in [6.07, 6.45) is 0. The molecule has 6 nitrogen and oxygen atoms in total. The lowest BCUT2D eigenvalue weighted by Gasteiger charge is -2.16. The van der Waals surface area contributed by atoms with E-state index in [0.717, 1.165) is 125 Å². The second kappa shape index (κ2) is 12.4. The van der Waals surface area contributed by atoms with Crippen LogP contribution in [0.3, 0.4) is 0 Å². The maximum atomic E-state index is 6.60. The van der Waals surface area contributed by atoms with Crippen LogP contribution in [0.5, 0.6) is 0 Å². The Hall–Kier alpha value is -7.23. The van der Waals surface area contributed by atoms with Gasteiger partial charge in [-0.3, -0.25) is 4.57 Å². The van der Waals surface area contributed by atoms with E-state index in [-0.39, 0.29) is 0 Å². The van der Waals surface area contributed by atoms with Crippen LogP contribution in [0.1, 0.15) is 0 Å². The Kier molecular flexibility index (Phi) is 6.89. The van der Waals surface area contributed by atoms with Gasteiger partial charge < -0.3 is 13.3 Å². The Morgan fingerprint density at radius 1 is 0.390 bits per heavy atom. The molecule has 0 N–H and O–H groups in total. The lowest BCUT2D eigenvalue weighted by Crippen LogP contribution is -2.06. The number of furan rings is 3. The molecule has 0 aliphatic carbocycles. The van der Waals surface area contributed by atoms with E-state index in [1.807, 2.05) is 48.5 Å². The monoisotopic (exact) mass is 869 g/mol. The fraction of sp³-hybridized carbons (Fsp3) is 0. The van der Waals surface area contributed by atoms with Gasteiger partial charge in [-0.05, 0) is 94.4 Å². The van der Waals surface area contributed by atoms with Crippen molar-refractivity contribution in [2.45, 2.75) is 0 Å². The van der Waals surface area contributed by atoms with Crippen molar-refractivity contribution in [3.05, 3.63) is 173 Å². The number of hydrogen-bond donors (Lipinski definition) is 0. The first-order valence-corrected chi connectivity index (χ1v) is 20.6. The molecule has 0 spiro atoms. The van der Waals surface area contributed by atoms with Crippen molar-refractivity contribution >= 4 is 110 Å². The number of aromatic nitrogens is 3. The number of hydrogen-bond acceptors (Lipinski definition) is 5. The van der Waals surface area contributed by atoms with Gasteiger partial charge in [-0.1, -0.05) is 109 Å². The molecule has 8 aromatic carbocycles. The Balaban J connectivity index is 1.14. The fourth-order valence-corrected chi connectivity index (χ4v) is 9.81. The van der Waals surface area contributed by atoms with E-state index in [9.17, 15) is 0 Å². The zero-order chi connectivity index (χ0) is 38.8. The SMILES string of the molecule is Ic1c(-c2ccc3c(c2)oc2ccccc23)nc(-c2cc(-c3ccccc3)c3c(c2)oc2ccccc23)nc1-n1c2ccccc2c2cc3oc4ccccc4c3cc21. The van der Waals surface area contributed by atoms with Gasteiger partial charge in [0, 0.05) is 54.2 Å². The maximum absolute atomic E-state index is 6.60. The van der Waals surface area contributed by atoms with Gasteiger partial charge in [-0.25, -0.2) is 9.97 Å². The molecule has 0 atom stereocenters. The summed E-state index contributed by atoms with van der Waals surface area (Å²) < 4.78 is 22.6. The van der Waals surface area contributed by atoms with E-state index >= 15 is 0 Å². The number of rotatable bonds is 4. The Morgan fingerprint density at radius 3 is 1.76 bits per heavy atom. The Morgan fingerprint density at radius 2 is 0.983 bits per heavy atom. The minimum atomic E-state index is 0.584. The van der Waals surface area contributed by atoms with Crippen LogP contribution in [0.25, 0.3) is 127 Å². The molecule has 0 aliphatic rings. The molecule has 0 unspecified atom stereocenters. The number of para-hydroxylation sites is 4. The number of nitrogens with zero attached hydrogens (tertiary/aromatic N) is 3. The third-order valence-corrected chi connectivity index (χ3v) is 12.7. The van der Waals surface area contributed by atoms with Gasteiger partial charge in [-0.2, -0.15) is 0 Å². The van der Waals surface area contributed by atoms with Crippen LogP contribution >= 0.6 is 22.6 Å². The fourth-order valence-electron chi connectivity index (χ4n) is 9.02. The van der Waals surface area contributed by atoms with Crippen molar-refractivity contribution in [2.24, 2.45) is 0 Å². The quantitative estimate of drug-likeness (QED) is 0.165. The molecule has 0 aliphatic heterocycles. The van der Waals surface area contributed by atoms with E-state index in [1.54, 1.807) is 0 Å². The van der Waals surface area contributed by atoms with Crippen LogP contribution in [0, 0.1) is 3.57 Å². The highest BCUT2D eigenvalue weighted by Gasteiger charge is 2.24. The molecule has 0 radical (unpaired) electrons. The summed E-state index contributed by atoms with van der Waals surface area (Å²) in [5.74, 6) is 1.36. The molecular weight excluding hydrogens is 841 g/mol. The van der Waals surface area contributed by atoms with Gasteiger partial charge in [0.2, 0.25) is 0 Å². The molecule has 13 aromatic rings. The molecule has 0 saturated carbocycles. The average Bonchev–Trinajstić information content (AvgIpc) is 4.04. The van der Waals surface area contributed by atoms with Gasteiger partial charge in [0.15, 0.2) is 11.6 Å². The Labute approximate surface area is 349 Å². The number of fused-ring (bicyclic) bond motifs is 12. The molecule has 5 aromatic heterocycles. The van der Waals surface area contributed by atoms with E-state index in [4.69, 9.17) is 23.2 Å². The summed E-state index contributed by atoms with van der Waals surface area (Å²) >= 11 is 2.44. The molecule has 0 saturated heterocycles. The lowest BCUT2D eigenvalue weighted by molar-refractivity contribution is 0.668. The largest absolute Gasteiger partial charge is 0.456 e. The predicted octanol–water partition coefficient (Wildman–Crippen LogP) is 14.9. The normalized spacial score (nSPS) is 12.2. The molecular formula is C52H28IN3O3. The first-order valence-electron chi connectivity index (χ1n) is 19.5. The molecule has 0 amide bonds. The van der Waals surface area contributed by atoms with Gasteiger partial charge >= 0.3 is 0 Å². The van der Waals surface area contributed by atoms with Crippen LogP contribution in [-0.4, -0.2) is 14.5 Å². The highest BCUT2D eigenvalue weighted by molar-refractivity contribution is 14.1. The maximum Gasteiger partial charge on any atom is 0.162 e. The zero-order valence-electron chi connectivity index (χ0n) is 31.1. The van der Waals surface area contributed by atoms with Crippen LogP contribution < -0.4 is 0 Å². The highest BCUT2D eigenvalue weighted by Crippen LogP contribution is 2.43. The van der Waals surface area contributed by atoms with Gasteiger partial charge in [-0.15, -0.1) is 0 Å². The third kappa shape index (κ3) is 4.85. The Bertz CT molecular complexity index is 3870. The molecule has 59 heavy (non-hydrogen) atoms. The highest BCUT2D eigenvalue weighted by atomic mass is 127. The van der Waals surface area contributed by atoms with E-state index in [2.05, 4.69) is 148 Å². The van der Waals surface area contributed by atoms with E-state index < -0.39 is 0 Å². The zero-order valence-corrected chi connectivity index (χ0v) is 33.3. The lowest BCUT2D eigenvalue weighted by atomic mass is 9.96. The molecule has 5 heterocycles. The summed E-state index contributed by atoms with van der Waals surface area (Å²) in [6, 6.07) is 58.8. The molecule has 13 rings (SSSR count). The number of halogens is 1. The summed E-state index contributed by atoms with van der Waals surface area (Å²) in [5, 5.41) is 8.62. The summed E-state index contributed by atoms with van der Waals surface area (Å²) in [6.45, 7) is 0. The van der Waals surface area contributed by atoms with Crippen LogP contribution in [-0.2, 0) is 0 Å². The summed E-state index contributed by atoms with van der Waals surface area (Å²) in [5.41, 5.74) is 11.8. The minimum absolute atomic E-state index is 0.584. The summed E-state index contributed by atoms with van der Waals surface area (Å²) in [7, 11) is 0. The number of benzene rings is 8. The van der Waals surface area contributed by atoms with Crippen LogP contribution in [0.2, 0.25) is 0 Å². The van der Waals surface area contributed by atoms with Crippen molar-refractivity contribution in [1.82, 2.24) is 14.5 Å². The third-order valence-electron chi connectivity index (χ3n) is 11.7. The standard InChI is InChI=1S/C52H28IN3O3/c53-49-50(30-22-23-35-33-15-5-9-19-42(33)57-45(35)25-30)54-51(31-24-37(29-12-2-1-3-13-29)48-36-17-7-11-21-44(36)59-47(48)26-31)55-52(49)56-40-18-8-4-14-32(40)38-28-46-39(27-41(38)56)34-16-6-10-20-43(34)58-46/h1-28H. The van der Waals surface area contributed by atoms with Gasteiger partial charge in [0.1, 0.15) is 33.5 Å². The topological polar surface area (TPSA) is 70.1 Å². The predicted molar refractivity (Wildman–Crippen MR) is 247 cm³/mol. The molecule has 276 valence electrons. The van der Waals surface area contributed by atoms with Crippen molar-refractivity contribution in [3.8, 4) is 39.6 Å². The second-order valence-corrected chi connectivity index (χ2v) is 16.1. The van der Waals surface area contributed by atoms with Crippen LogP contribution in [0.15, 0.2) is 183 Å². The van der Waals surface area contributed by atoms with Crippen molar-refractivity contribution in [1.29, 1.82) is 0 Å². The van der Waals surface area contributed by atoms with Crippen molar-refractivity contribution in [2.75, 3.05) is 0 Å². The smallest absolute Gasteiger partial charge is 0.162 e. The average molecular weight is 870 g/mol. The summed E-state index contributed by atoms with van der Waals surface area (Å²) in [4.78, 5) is 11.0. The molecule has 7 heteroatoms.